The summed E-state index contributed by atoms with van der Waals surface area (Å²) in [5.41, 5.74) is 0.514. The predicted molar refractivity (Wildman–Crippen MR) is 73.4 cm³/mol. The minimum Gasteiger partial charge on any atom is -0.392 e. The molecule has 20 heavy (non-hydrogen) atoms. The average molecular weight is 279 g/mol. The average Bonchev–Trinajstić information content (AvgIpc) is 2.39. The van der Waals surface area contributed by atoms with Crippen molar-refractivity contribution in [1.82, 2.24) is 4.90 Å². The maximum atomic E-state index is 11.8. The molecule has 0 aliphatic carbocycles. The van der Waals surface area contributed by atoms with Crippen LogP contribution < -0.4 is 5.32 Å². The third-order valence-corrected chi connectivity index (χ3v) is 3.21. The largest absolute Gasteiger partial charge is 0.392 e. The van der Waals surface area contributed by atoms with E-state index in [4.69, 9.17) is 0 Å². The number of anilines is 1. The number of rotatable bonds is 4. The first-order valence-corrected chi connectivity index (χ1v) is 6.49. The van der Waals surface area contributed by atoms with Crippen molar-refractivity contribution in [2.75, 3.05) is 25.0 Å². The van der Waals surface area contributed by atoms with Gasteiger partial charge in [0.05, 0.1) is 17.6 Å². The van der Waals surface area contributed by atoms with Gasteiger partial charge in [-0.25, -0.2) is 0 Å². The van der Waals surface area contributed by atoms with Gasteiger partial charge in [0.25, 0.3) is 5.69 Å². The molecule has 7 heteroatoms. The Kier molecular flexibility index (Phi) is 4.65. The maximum Gasteiger partial charge on any atom is 0.269 e. The summed E-state index contributed by atoms with van der Waals surface area (Å²) >= 11 is 0. The summed E-state index contributed by atoms with van der Waals surface area (Å²) in [6.45, 7) is 1.52. The predicted octanol–water partition coefficient (Wildman–Crippen LogP) is 0.990. The number of β-amino-alcohol motifs (C(OH)–C–C–N with tert-alkyl or cyclic N) is 1. The van der Waals surface area contributed by atoms with Gasteiger partial charge in [0, 0.05) is 24.4 Å². The van der Waals surface area contributed by atoms with E-state index in [0.29, 0.717) is 12.2 Å². The number of likely N-dealkylation sites (tertiary alicyclic amines) is 1. The summed E-state index contributed by atoms with van der Waals surface area (Å²) in [6, 6.07) is 5.70. The second-order valence-electron chi connectivity index (χ2n) is 4.88. The van der Waals surface area contributed by atoms with Gasteiger partial charge in [0.2, 0.25) is 5.91 Å². The highest BCUT2D eigenvalue weighted by Crippen LogP contribution is 2.15. The number of aliphatic hydroxyl groups is 1. The number of aliphatic hydroxyl groups excluding tert-OH is 1. The Bertz CT molecular complexity index is 489. The fourth-order valence-corrected chi connectivity index (χ4v) is 2.24. The van der Waals surface area contributed by atoms with E-state index in [1.54, 1.807) is 0 Å². The number of nitro benzene ring substituents is 1. The van der Waals surface area contributed by atoms with Gasteiger partial charge < -0.3 is 10.4 Å². The highest BCUT2D eigenvalue weighted by atomic mass is 16.6. The molecule has 1 aliphatic heterocycles. The van der Waals surface area contributed by atoms with Gasteiger partial charge in [-0.05, 0) is 31.5 Å². The second-order valence-corrected chi connectivity index (χ2v) is 4.88. The molecule has 2 N–H and O–H groups in total. The lowest BCUT2D eigenvalue weighted by atomic mass is 10.1. The molecule has 1 unspecified atom stereocenters. The molecule has 2 rings (SSSR count). The highest BCUT2D eigenvalue weighted by molar-refractivity contribution is 5.92. The van der Waals surface area contributed by atoms with E-state index in [1.165, 1.54) is 24.3 Å². The number of hydrogen-bond acceptors (Lipinski definition) is 5. The first kappa shape index (κ1) is 14.4. The summed E-state index contributed by atoms with van der Waals surface area (Å²) in [4.78, 5) is 23.8. The minimum absolute atomic E-state index is 0.0119. The summed E-state index contributed by atoms with van der Waals surface area (Å²) in [7, 11) is 0. The smallest absolute Gasteiger partial charge is 0.269 e. The van der Waals surface area contributed by atoms with E-state index in [9.17, 15) is 20.0 Å². The number of hydrogen-bond donors (Lipinski definition) is 2. The zero-order valence-electron chi connectivity index (χ0n) is 11.0. The van der Waals surface area contributed by atoms with Gasteiger partial charge in [0.1, 0.15) is 0 Å². The number of nitrogens with one attached hydrogen (secondary N) is 1. The number of nitro groups is 1. The Labute approximate surface area is 116 Å². The zero-order chi connectivity index (χ0) is 14.5. The molecule has 1 saturated heterocycles. The number of piperidine rings is 1. The summed E-state index contributed by atoms with van der Waals surface area (Å²) < 4.78 is 0. The Balaban J connectivity index is 1.86. The highest BCUT2D eigenvalue weighted by Gasteiger charge is 2.19. The van der Waals surface area contributed by atoms with Gasteiger partial charge in [-0.2, -0.15) is 0 Å². The first-order valence-electron chi connectivity index (χ1n) is 6.49. The van der Waals surface area contributed by atoms with Crippen molar-refractivity contribution in [3.8, 4) is 0 Å². The van der Waals surface area contributed by atoms with Gasteiger partial charge in [-0.3, -0.25) is 19.8 Å². The molecule has 1 aliphatic rings. The molecule has 7 nitrogen and oxygen atoms in total. The van der Waals surface area contributed by atoms with Gasteiger partial charge in [-0.1, -0.05) is 0 Å². The molecule has 0 bridgehead atoms. The third kappa shape index (κ3) is 4.01. The van der Waals surface area contributed by atoms with Crippen LogP contribution in [0.25, 0.3) is 0 Å². The Morgan fingerprint density at radius 3 is 2.75 bits per heavy atom. The molecule has 0 aromatic heterocycles. The fourth-order valence-electron chi connectivity index (χ4n) is 2.24. The second kappa shape index (κ2) is 6.44. The lowest BCUT2D eigenvalue weighted by Gasteiger charge is -2.29. The number of amides is 1. The number of benzene rings is 1. The van der Waals surface area contributed by atoms with Crippen molar-refractivity contribution >= 4 is 17.3 Å². The fraction of sp³-hybridized carbons (Fsp3) is 0.462. The van der Waals surface area contributed by atoms with Crippen LogP contribution in [-0.4, -0.2) is 46.6 Å². The third-order valence-electron chi connectivity index (χ3n) is 3.21. The van der Waals surface area contributed by atoms with Gasteiger partial charge in [0.15, 0.2) is 0 Å². The molecule has 1 fully saturated rings. The van der Waals surface area contributed by atoms with Crippen LogP contribution in [0.15, 0.2) is 24.3 Å². The van der Waals surface area contributed by atoms with Crippen molar-refractivity contribution < 1.29 is 14.8 Å². The van der Waals surface area contributed by atoms with Crippen LogP contribution in [0.3, 0.4) is 0 Å². The molecular weight excluding hydrogens is 262 g/mol. The number of carbonyl (C=O) groups is 1. The molecule has 1 aromatic rings. The van der Waals surface area contributed by atoms with Crippen molar-refractivity contribution in [2.24, 2.45) is 0 Å². The van der Waals surface area contributed by atoms with E-state index >= 15 is 0 Å². The number of carbonyl (C=O) groups excluding carboxylic acids is 1. The van der Waals surface area contributed by atoms with Crippen LogP contribution in [0.2, 0.25) is 0 Å². The summed E-state index contributed by atoms with van der Waals surface area (Å²) in [5.74, 6) is -0.187. The standard InChI is InChI=1S/C13H17N3O4/c17-12-2-1-7-15(8-12)9-13(18)14-10-3-5-11(6-4-10)16(19)20/h3-6,12,17H,1-2,7-9H2,(H,14,18). The van der Waals surface area contributed by atoms with Crippen LogP contribution in [0.4, 0.5) is 11.4 Å². The van der Waals surface area contributed by atoms with Crippen LogP contribution in [0.1, 0.15) is 12.8 Å². The van der Waals surface area contributed by atoms with Crippen LogP contribution in [0.5, 0.6) is 0 Å². The molecule has 1 heterocycles. The Morgan fingerprint density at radius 2 is 2.15 bits per heavy atom. The molecular formula is C13H17N3O4. The number of nitrogens with zero attached hydrogens (tertiary/aromatic N) is 2. The van der Waals surface area contributed by atoms with Gasteiger partial charge in [-0.15, -0.1) is 0 Å². The molecule has 0 saturated carbocycles. The van der Waals surface area contributed by atoms with E-state index < -0.39 is 4.92 Å². The lowest BCUT2D eigenvalue weighted by molar-refractivity contribution is -0.384. The monoisotopic (exact) mass is 279 g/mol. The lowest BCUT2D eigenvalue weighted by Crippen LogP contribution is -2.42. The van der Waals surface area contributed by atoms with Crippen molar-refractivity contribution in [1.29, 1.82) is 0 Å². The van der Waals surface area contributed by atoms with Crippen molar-refractivity contribution in [3.63, 3.8) is 0 Å². The molecule has 108 valence electrons. The SMILES string of the molecule is O=C(CN1CCCC(O)C1)Nc1ccc([N+](=O)[O-])cc1. The van der Waals surface area contributed by atoms with Crippen LogP contribution >= 0.6 is 0 Å². The normalized spacial score (nSPS) is 19.6. The molecule has 1 aromatic carbocycles. The summed E-state index contributed by atoms with van der Waals surface area (Å²) in [5, 5.41) is 22.7. The minimum atomic E-state index is -0.485. The van der Waals surface area contributed by atoms with Crippen LogP contribution in [-0.2, 0) is 4.79 Å². The van der Waals surface area contributed by atoms with Crippen molar-refractivity contribution in [2.45, 2.75) is 18.9 Å². The zero-order valence-corrected chi connectivity index (χ0v) is 11.0. The first-order chi connectivity index (χ1) is 9.54. The molecule has 1 atom stereocenters. The van der Waals surface area contributed by atoms with Crippen molar-refractivity contribution in [3.05, 3.63) is 34.4 Å². The summed E-state index contributed by atoms with van der Waals surface area (Å²) in [6.07, 6.45) is 1.29. The van der Waals surface area contributed by atoms with E-state index in [2.05, 4.69) is 5.32 Å². The molecule has 0 spiro atoms. The maximum absolute atomic E-state index is 11.8. The Morgan fingerprint density at radius 1 is 1.45 bits per heavy atom. The van der Waals surface area contributed by atoms with E-state index in [0.717, 1.165) is 19.4 Å². The van der Waals surface area contributed by atoms with E-state index in [-0.39, 0.29) is 24.2 Å². The molecule has 0 radical (unpaired) electrons. The van der Waals surface area contributed by atoms with E-state index in [1.807, 2.05) is 4.90 Å². The topological polar surface area (TPSA) is 95.7 Å². The molecule has 1 amide bonds. The quantitative estimate of drug-likeness (QED) is 0.633. The Hall–Kier alpha value is -1.99. The van der Waals surface area contributed by atoms with Crippen LogP contribution in [0, 0.1) is 10.1 Å². The number of non-ortho nitro benzene ring substituents is 1. The van der Waals surface area contributed by atoms with Gasteiger partial charge >= 0.3 is 0 Å².